The first-order chi connectivity index (χ1) is 12.6. The lowest BCUT2D eigenvalue weighted by atomic mass is 10.1. The molecule has 0 radical (unpaired) electrons. The minimum atomic E-state index is -0.187. The lowest BCUT2D eigenvalue weighted by Crippen LogP contribution is -2.29. The van der Waals surface area contributed by atoms with Crippen LogP contribution in [0.5, 0.6) is 17.2 Å². The molecule has 2 aromatic rings. The Morgan fingerprint density at radius 3 is 2.38 bits per heavy atom. The number of carbonyl (C=O) groups is 1. The van der Waals surface area contributed by atoms with Crippen molar-refractivity contribution in [1.82, 2.24) is 5.32 Å². The van der Waals surface area contributed by atoms with Crippen molar-refractivity contribution in [2.75, 3.05) is 39.7 Å². The summed E-state index contributed by atoms with van der Waals surface area (Å²) in [6, 6.07) is 11.1. The van der Waals surface area contributed by atoms with E-state index < -0.39 is 0 Å². The van der Waals surface area contributed by atoms with Gasteiger partial charge in [0.15, 0.2) is 0 Å². The molecule has 0 bridgehead atoms. The summed E-state index contributed by atoms with van der Waals surface area (Å²) in [5.74, 6) is 1.59. The molecule has 2 rings (SSSR count). The molecule has 2 N–H and O–H groups in total. The molecule has 0 aliphatic rings. The van der Waals surface area contributed by atoms with Crippen molar-refractivity contribution in [3.05, 3.63) is 47.0 Å². The lowest BCUT2D eigenvalue weighted by Gasteiger charge is -2.13. The predicted octanol–water partition coefficient (Wildman–Crippen LogP) is 3.14. The highest BCUT2D eigenvalue weighted by atomic mass is 35.5. The molecule has 0 fully saturated rings. The second-order valence-electron chi connectivity index (χ2n) is 5.47. The summed E-state index contributed by atoms with van der Waals surface area (Å²) < 4.78 is 15.7. The maximum absolute atomic E-state index is 12.2. The van der Waals surface area contributed by atoms with Gasteiger partial charge in [0, 0.05) is 12.1 Å². The van der Waals surface area contributed by atoms with Crippen LogP contribution in [0.4, 0.5) is 5.69 Å². The molecule has 0 aliphatic carbocycles. The predicted molar refractivity (Wildman–Crippen MR) is 103 cm³/mol. The van der Waals surface area contributed by atoms with Crippen LogP contribution < -0.4 is 24.8 Å². The summed E-state index contributed by atoms with van der Waals surface area (Å²) >= 11 is 6.06. The molecule has 0 heterocycles. The normalized spacial score (nSPS) is 10.3. The minimum absolute atomic E-state index is 0.170. The first-order valence-corrected chi connectivity index (χ1v) is 8.50. The standard InChI is InChI=1S/C19H23ClN2O4/c1-24-16-7-5-4-6-13(16)8-9-21-12-19(23)22-15-11-17(25-2)14(20)10-18(15)26-3/h4-7,10-11,21H,8-9,12H2,1-3H3,(H,22,23). The Kier molecular flexibility index (Phi) is 7.56. The van der Waals surface area contributed by atoms with E-state index in [0.29, 0.717) is 28.8 Å². The maximum Gasteiger partial charge on any atom is 0.238 e. The number of carbonyl (C=O) groups excluding carboxylic acids is 1. The zero-order valence-corrected chi connectivity index (χ0v) is 15.9. The third kappa shape index (κ3) is 5.28. The van der Waals surface area contributed by atoms with E-state index in [0.717, 1.165) is 17.7 Å². The van der Waals surface area contributed by atoms with E-state index >= 15 is 0 Å². The van der Waals surface area contributed by atoms with Gasteiger partial charge < -0.3 is 24.8 Å². The van der Waals surface area contributed by atoms with Gasteiger partial charge in [0.25, 0.3) is 0 Å². The smallest absolute Gasteiger partial charge is 0.238 e. The quantitative estimate of drug-likeness (QED) is 0.656. The van der Waals surface area contributed by atoms with Gasteiger partial charge in [0.1, 0.15) is 17.2 Å². The van der Waals surface area contributed by atoms with Crippen LogP contribution in [0.2, 0.25) is 5.02 Å². The first kappa shape index (κ1) is 19.9. The fourth-order valence-corrected chi connectivity index (χ4v) is 2.72. The van der Waals surface area contributed by atoms with Crippen molar-refractivity contribution in [2.45, 2.75) is 6.42 Å². The van der Waals surface area contributed by atoms with Crippen LogP contribution in [0.3, 0.4) is 0 Å². The van der Waals surface area contributed by atoms with E-state index in [2.05, 4.69) is 10.6 Å². The van der Waals surface area contributed by atoms with Crippen LogP contribution in [0.1, 0.15) is 5.56 Å². The molecule has 0 aromatic heterocycles. The Morgan fingerprint density at radius 2 is 1.69 bits per heavy atom. The van der Waals surface area contributed by atoms with Gasteiger partial charge in [-0.2, -0.15) is 0 Å². The molecule has 0 spiro atoms. The second-order valence-corrected chi connectivity index (χ2v) is 5.88. The van der Waals surface area contributed by atoms with Gasteiger partial charge in [-0.3, -0.25) is 4.79 Å². The van der Waals surface area contributed by atoms with Crippen LogP contribution in [0.25, 0.3) is 0 Å². The van der Waals surface area contributed by atoms with Crippen molar-refractivity contribution in [3.8, 4) is 17.2 Å². The van der Waals surface area contributed by atoms with Gasteiger partial charge in [-0.25, -0.2) is 0 Å². The van der Waals surface area contributed by atoms with Crippen molar-refractivity contribution in [2.24, 2.45) is 0 Å². The fraction of sp³-hybridized carbons (Fsp3) is 0.316. The van der Waals surface area contributed by atoms with Gasteiger partial charge >= 0.3 is 0 Å². The number of halogens is 1. The number of methoxy groups -OCH3 is 3. The van der Waals surface area contributed by atoms with E-state index in [1.807, 2.05) is 24.3 Å². The molecular formula is C19H23ClN2O4. The van der Waals surface area contributed by atoms with E-state index in [1.54, 1.807) is 19.2 Å². The summed E-state index contributed by atoms with van der Waals surface area (Å²) in [5.41, 5.74) is 1.59. The Balaban J connectivity index is 1.87. The van der Waals surface area contributed by atoms with Crippen LogP contribution in [-0.2, 0) is 11.2 Å². The third-order valence-corrected chi connectivity index (χ3v) is 4.09. The molecule has 26 heavy (non-hydrogen) atoms. The summed E-state index contributed by atoms with van der Waals surface area (Å²) in [6.07, 6.45) is 0.759. The lowest BCUT2D eigenvalue weighted by molar-refractivity contribution is -0.115. The molecule has 1 amide bonds. The van der Waals surface area contributed by atoms with E-state index in [4.69, 9.17) is 25.8 Å². The van der Waals surface area contributed by atoms with E-state index in [9.17, 15) is 4.79 Å². The molecular weight excluding hydrogens is 356 g/mol. The summed E-state index contributed by atoms with van der Waals surface area (Å²) in [4.78, 5) is 12.2. The van der Waals surface area contributed by atoms with Crippen LogP contribution in [0.15, 0.2) is 36.4 Å². The van der Waals surface area contributed by atoms with Crippen LogP contribution in [-0.4, -0.2) is 40.3 Å². The van der Waals surface area contributed by atoms with E-state index in [1.165, 1.54) is 14.2 Å². The zero-order chi connectivity index (χ0) is 18.9. The molecule has 7 heteroatoms. The van der Waals surface area contributed by atoms with Crippen molar-refractivity contribution >= 4 is 23.2 Å². The van der Waals surface area contributed by atoms with Crippen LogP contribution in [0, 0.1) is 0 Å². The number of amides is 1. The second kappa shape index (κ2) is 9.89. The Hall–Kier alpha value is -2.44. The highest BCUT2D eigenvalue weighted by Gasteiger charge is 2.12. The highest BCUT2D eigenvalue weighted by molar-refractivity contribution is 6.32. The SMILES string of the molecule is COc1cc(NC(=O)CNCCc2ccccc2OC)c(OC)cc1Cl. The molecule has 0 aliphatic heterocycles. The number of rotatable bonds is 9. The summed E-state index contributed by atoms with van der Waals surface area (Å²) in [6.45, 7) is 0.818. The number of anilines is 1. The van der Waals surface area contributed by atoms with Gasteiger partial charge in [-0.1, -0.05) is 29.8 Å². The third-order valence-electron chi connectivity index (χ3n) is 3.80. The molecule has 0 unspecified atom stereocenters. The summed E-state index contributed by atoms with van der Waals surface area (Å²) in [5, 5.41) is 6.33. The number of ether oxygens (including phenoxy) is 3. The monoisotopic (exact) mass is 378 g/mol. The molecule has 140 valence electrons. The Morgan fingerprint density at radius 1 is 1.00 bits per heavy atom. The average Bonchev–Trinajstić information content (AvgIpc) is 2.66. The Labute approximate surface area is 158 Å². The fourth-order valence-electron chi connectivity index (χ4n) is 2.49. The van der Waals surface area contributed by atoms with Gasteiger partial charge in [-0.05, 0) is 24.6 Å². The molecule has 0 saturated carbocycles. The number of benzene rings is 2. The molecule has 2 aromatic carbocycles. The molecule has 0 atom stereocenters. The van der Waals surface area contributed by atoms with Crippen LogP contribution >= 0.6 is 11.6 Å². The van der Waals surface area contributed by atoms with Gasteiger partial charge in [0.05, 0.1) is 38.6 Å². The van der Waals surface area contributed by atoms with Crippen molar-refractivity contribution < 1.29 is 19.0 Å². The van der Waals surface area contributed by atoms with Crippen molar-refractivity contribution in [3.63, 3.8) is 0 Å². The number of nitrogens with one attached hydrogen (secondary N) is 2. The molecule has 6 nitrogen and oxygen atoms in total. The number of para-hydroxylation sites is 1. The maximum atomic E-state index is 12.2. The minimum Gasteiger partial charge on any atom is -0.496 e. The largest absolute Gasteiger partial charge is 0.496 e. The van der Waals surface area contributed by atoms with Crippen molar-refractivity contribution in [1.29, 1.82) is 0 Å². The average molecular weight is 379 g/mol. The number of hydrogen-bond donors (Lipinski definition) is 2. The molecule has 0 saturated heterocycles. The number of hydrogen-bond acceptors (Lipinski definition) is 5. The topological polar surface area (TPSA) is 68.8 Å². The summed E-state index contributed by atoms with van der Waals surface area (Å²) in [7, 11) is 4.67. The van der Waals surface area contributed by atoms with E-state index in [-0.39, 0.29) is 12.5 Å². The highest BCUT2D eigenvalue weighted by Crippen LogP contribution is 2.35. The van der Waals surface area contributed by atoms with Gasteiger partial charge in [-0.15, -0.1) is 0 Å². The van der Waals surface area contributed by atoms with Gasteiger partial charge in [0.2, 0.25) is 5.91 Å². The first-order valence-electron chi connectivity index (χ1n) is 8.13. The Bertz CT molecular complexity index is 752. The zero-order valence-electron chi connectivity index (χ0n) is 15.1.